The minimum Gasteiger partial charge on any atom is -0.487 e. The number of methoxy groups -OCH3 is 2. The summed E-state index contributed by atoms with van der Waals surface area (Å²) in [5.41, 5.74) is 0.691. The lowest BCUT2D eigenvalue weighted by molar-refractivity contribution is 0.132. The van der Waals surface area contributed by atoms with Crippen LogP contribution in [0.25, 0.3) is 21.7 Å². The van der Waals surface area contributed by atoms with Crippen LogP contribution in [0.15, 0.2) is 60.9 Å². The Kier molecular flexibility index (Phi) is 6.76. The monoisotopic (exact) mass is 420 g/mol. The molecule has 0 aliphatic carbocycles. The van der Waals surface area contributed by atoms with E-state index in [-0.39, 0.29) is 0 Å². The maximum absolute atomic E-state index is 6.23. The van der Waals surface area contributed by atoms with Crippen molar-refractivity contribution in [3.8, 4) is 23.1 Å². The van der Waals surface area contributed by atoms with Crippen LogP contribution >= 0.6 is 0 Å². The molecule has 1 aromatic heterocycles. The maximum Gasteiger partial charge on any atom is 0.230 e. The van der Waals surface area contributed by atoms with Crippen molar-refractivity contribution >= 4 is 21.7 Å². The number of hydrogen-bond donors (Lipinski definition) is 0. The molecule has 7 nitrogen and oxygen atoms in total. The normalized spacial score (nSPS) is 11.0. The van der Waals surface area contributed by atoms with Gasteiger partial charge in [0.15, 0.2) is 11.5 Å². The van der Waals surface area contributed by atoms with Gasteiger partial charge in [0.1, 0.15) is 25.3 Å². The van der Waals surface area contributed by atoms with E-state index >= 15 is 0 Å². The Balaban J connectivity index is 1.72. The van der Waals surface area contributed by atoms with Gasteiger partial charge in [-0.15, -0.1) is 0 Å². The first-order valence-corrected chi connectivity index (χ1v) is 9.98. The Morgan fingerprint density at radius 1 is 0.677 bits per heavy atom. The van der Waals surface area contributed by atoms with Gasteiger partial charge in [-0.3, -0.25) is 0 Å². The molecule has 0 saturated carbocycles. The average molecular weight is 420 g/mol. The van der Waals surface area contributed by atoms with Gasteiger partial charge in [0, 0.05) is 25.7 Å². The molecule has 160 valence electrons. The number of ether oxygens (including phenoxy) is 5. The fourth-order valence-electron chi connectivity index (χ4n) is 3.21. The van der Waals surface area contributed by atoms with Crippen molar-refractivity contribution < 1.29 is 23.7 Å². The molecule has 0 unspecified atom stereocenters. The van der Waals surface area contributed by atoms with Gasteiger partial charge < -0.3 is 23.7 Å². The van der Waals surface area contributed by atoms with Crippen LogP contribution in [-0.2, 0) is 9.47 Å². The highest BCUT2D eigenvalue weighted by Crippen LogP contribution is 2.37. The molecule has 0 saturated heterocycles. The maximum atomic E-state index is 6.23. The Labute approximate surface area is 180 Å². The smallest absolute Gasteiger partial charge is 0.230 e. The highest BCUT2D eigenvalue weighted by molar-refractivity contribution is 5.90. The molecule has 1 heterocycles. The number of rotatable bonds is 10. The first-order chi connectivity index (χ1) is 15.3. The highest BCUT2D eigenvalue weighted by Gasteiger charge is 2.14. The van der Waals surface area contributed by atoms with Gasteiger partial charge in [-0.05, 0) is 17.5 Å². The zero-order valence-corrected chi connectivity index (χ0v) is 17.5. The third kappa shape index (κ3) is 4.84. The molecule has 0 N–H and O–H groups in total. The zero-order chi connectivity index (χ0) is 21.5. The van der Waals surface area contributed by atoms with Crippen molar-refractivity contribution in [1.82, 2.24) is 9.97 Å². The SMILES string of the molecule is COCCOc1cc2ncnc(Oc3cccc4ccccc34)c2cc1OCCOC. The second kappa shape index (κ2) is 10.1. The Morgan fingerprint density at radius 2 is 1.39 bits per heavy atom. The molecule has 0 radical (unpaired) electrons. The van der Waals surface area contributed by atoms with Gasteiger partial charge in [-0.1, -0.05) is 36.4 Å². The number of fused-ring (bicyclic) bond motifs is 2. The molecule has 4 rings (SSSR count). The van der Waals surface area contributed by atoms with Crippen molar-refractivity contribution in [2.75, 3.05) is 40.6 Å². The molecule has 0 amide bonds. The van der Waals surface area contributed by atoms with Crippen molar-refractivity contribution in [3.63, 3.8) is 0 Å². The number of aromatic nitrogens is 2. The second-order valence-electron chi connectivity index (χ2n) is 6.76. The van der Waals surface area contributed by atoms with Crippen molar-refractivity contribution in [2.24, 2.45) is 0 Å². The van der Waals surface area contributed by atoms with E-state index in [1.54, 1.807) is 14.2 Å². The van der Waals surface area contributed by atoms with Gasteiger partial charge in [0.2, 0.25) is 5.88 Å². The molecular formula is C24H24N2O5. The molecule has 4 aromatic rings. The fraction of sp³-hybridized carbons (Fsp3) is 0.250. The number of hydrogen-bond acceptors (Lipinski definition) is 7. The third-order valence-corrected chi connectivity index (χ3v) is 4.71. The van der Waals surface area contributed by atoms with E-state index in [4.69, 9.17) is 23.7 Å². The number of nitrogens with zero attached hydrogens (tertiary/aromatic N) is 2. The molecule has 0 aliphatic heterocycles. The van der Waals surface area contributed by atoms with E-state index in [9.17, 15) is 0 Å². The van der Waals surface area contributed by atoms with Crippen LogP contribution in [0.2, 0.25) is 0 Å². The van der Waals surface area contributed by atoms with Crippen molar-refractivity contribution in [1.29, 1.82) is 0 Å². The summed E-state index contributed by atoms with van der Waals surface area (Å²) in [5, 5.41) is 2.82. The summed E-state index contributed by atoms with van der Waals surface area (Å²) in [4.78, 5) is 8.77. The van der Waals surface area contributed by atoms with Crippen LogP contribution in [0.4, 0.5) is 0 Å². The van der Waals surface area contributed by atoms with E-state index in [0.29, 0.717) is 49.3 Å². The second-order valence-corrected chi connectivity index (χ2v) is 6.76. The Morgan fingerprint density at radius 3 is 2.16 bits per heavy atom. The van der Waals surface area contributed by atoms with Gasteiger partial charge >= 0.3 is 0 Å². The van der Waals surface area contributed by atoms with E-state index in [1.807, 2.05) is 54.6 Å². The number of benzene rings is 3. The van der Waals surface area contributed by atoms with Crippen LogP contribution in [0, 0.1) is 0 Å². The molecular weight excluding hydrogens is 396 g/mol. The first-order valence-electron chi connectivity index (χ1n) is 9.98. The minimum atomic E-state index is 0.385. The van der Waals surface area contributed by atoms with Gasteiger partial charge in [-0.25, -0.2) is 9.97 Å². The summed E-state index contributed by atoms with van der Waals surface area (Å²) in [6, 6.07) is 17.7. The lowest BCUT2D eigenvalue weighted by Crippen LogP contribution is -2.08. The van der Waals surface area contributed by atoms with Gasteiger partial charge in [0.25, 0.3) is 0 Å². The summed E-state index contributed by atoms with van der Waals surface area (Å²) in [5.74, 6) is 2.32. The predicted octanol–water partition coefficient (Wildman–Crippen LogP) is 4.63. The summed E-state index contributed by atoms with van der Waals surface area (Å²) in [6.07, 6.45) is 1.48. The molecule has 0 bridgehead atoms. The minimum absolute atomic E-state index is 0.385. The van der Waals surface area contributed by atoms with Crippen LogP contribution < -0.4 is 14.2 Å². The largest absolute Gasteiger partial charge is 0.487 e. The summed E-state index contributed by atoms with van der Waals surface area (Å²) < 4.78 is 28.1. The molecule has 3 aromatic carbocycles. The van der Waals surface area contributed by atoms with E-state index in [1.165, 1.54) is 6.33 Å². The van der Waals surface area contributed by atoms with Gasteiger partial charge in [-0.2, -0.15) is 0 Å². The van der Waals surface area contributed by atoms with Crippen LogP contribution in [-0.4, -0.2) is 50.6 Å². The topological polar surface area (TPSA) is 71.9 Å². The van der Waals surface area contributed by atoms with Gasteiger partial charge in [0.05, 0.1) is 24.1 Å². The van der Waals surface area contributed by atoms with Crippen LogP contribution in [0.5, 0.6) is 23.1 Å². The molecule has 0 aliphatic rings. The quantitative estimate of drug-likeness (QED) is 0.347. The highest BCUT2D eigenvalue weighted by atomic mass is 16.5. The van der Waals surface area contributed by atoms with Crippen molar-refractivity contribution in [2.45, 2.75) is 0 Å². The summed E-state index contributed by atoms with van der Waals surface area (Å²) >= 11 is 0. The molecule has 0 atom stereocenters. The molecule has 7 heteroatoms. The summed E-state index contributed by atoms with van der Waals surface area (Å²) in [7, 11) is 3.26. The Hall–Kier alpha value is -3.42. The van der Waals surface area contributed by atoms with E-state index in [2.05, 4.69) is 9.97 Å². The fourth-order valence-corrected chi connectivity index (χ4v) is 3.21. The molecule has 0 fully saturated rings. The lowest BCUT2D eigenvalue weighted by atomic mass is 10.1. The average Bonchev–Trinajstić information content (AvgIpc) is 2.80. The van der Waals surface area contributed by atoms with Crippen LogP contribution in [0.1, 0.15) is 0 Å². The lowest BCUT2D eigenvalue weighted by Gasteiger charge is -2.15. The Bertz CT molecular complexity index is 1160. The molecule has 31 heavy (non-hydrogen) atoms. The first kappa shape index (κ1) is 20.8. The molecule has 0 spiro atoms. The third-order valence-electron chi connectivity index (χ3n) is 4.71. The standard InChI is InChI=1S/C24H24N2O5/c1-27-10-12-29-22-14-19-20(15-23(22)30-13-11-28-2)25-16-26-24(19)31-21-9-5-7-17-6-3-4-8-18(17)21/h3-9,14-16H,10-13H2,1-2H3. The van der Waals surface area contributed by atoms with E-state index in [0.717, 1.165) is 21.9 Å². The van der Waals surface area contributed by atoms with E-state index < -0.39 is 0 Å². The zero-order valence-electron chi connectivity index (χ0n) is 17.5. The van der Waals surface area contributed by atoms with Crippen molar-refractivity contribution in [3.05, 3.63) is 60.9 Å². The predicted molar refractivity (Wildman–Crippen MR) is 118 cm³/mol. The summed E-state index contributed by atoms with van der Waals surface area (Å²) in [6.45, 7) is 1.71. The van der Waals surface area contributed by atoms with Crippen LogP contribution in [0.3, 0.4) is 0 Å².